The molecule has 9 atom stereocenters. The molecule has 0 aromatic carbocycles. The van der Waals surface area contributed by atoms with Gasteiger partial charge in [-0.3, -0.25) is 4.79 Å². The molecule has 1 fully saturated rings. The Bertz CT molecular complexity index is 1100. The predicted octanol–water partition coefficient (Wildman–Crippen LogP) is 13.0. The molecule has 8 N–H and O–H groups in total. The number of aliphatic hydroxyl groups excluding tert-OH is 7. The lowest BCUT2D eigenvalue weighted by Gasteiger charge is -2.40. The van der Waals surface area contributed by atoms with Gasteiger partial charge in [0.05, 0.1) is 25.4 Å². The fourth-order valence-corrected chi connectivity index (χ4v) is 10.2. The minimum Gasteiger partial charge on any atom is -0.394 e. The lowest BCUT2D eigenvalue weighted by molar-refractivity contribution is -0.303. The minimum absolute atomic E-state index is 0.267. The summed E-state index contributed by atoms with van der Waals surface area (Å²) >= 11 is 0. The van der Waals surface area contributed by atoms with E-state index in [-0.39, 0.29) is 6.42 Å². The molecule has 1 aliphatic rings. The number of aliphatic hydroxyl groups is 7. The number of hydrogen-bond donors (Lipinski definition) is 8. The van der Waals surface area contributed by atoms with Crippen molar-refractivity contribution < 1.29 is 50.0 Å². The van der Waals surface area contributed by atoms with Crippen LogP contribution in [0.2, 0.25) is 0 Å². The summed E-state index contributed by atoms with van der Waals surface area (Å²) in [6, 6.07) is -1.16. The molecule has 11 heteroatoms. The smallest absolute Gasteiger partial charge is 0.249 e. The zero-order valence-corrected chi connectivity index (χ0v) is 45.8. The van der Waals surface area contributed by atoms with Crippen LogP contribution in [0.25, 0.3) is 0 Å². The zero-order chi connectivity index (χ0) is 51.1. The molecular weight excluding hydrogens is 883 g/mol. The molecule has 0 aliphatic carbocycles. The van der Waals surface area contributed by atoms with E-state index < -0.39 is 74.2 Å². The van der Waals surface area contributed by atoms with Crippen molar-refractivity contribution in [2.45, 2.75) is 358 Å². The third kappa shape index (κ3) is 36.9. The summed E-state index contributed by atoms with van der Waals surface area (Å²) in [4.78, 5) is 13.2. The number of unbranched alkanes of at least 4 members (excludes halogenated alkanes) is 41. The van der Waals surface area contributed by atoms with E-state index >= 15 is 0 Å². The lowest BCUT2D eigenvalue weighted by Crippen LogP contribution is -2.60. The molecule has 1 heterocycles. The second kappa shape index (κ2) is 49.0. The van der Waals surface area contributed by atoms with Crippen molar-refractivity contribution in [3.63, 3.8) is 0 Å². The van der Waals surface area contributed by atoms with E-state index in [4.69, 9.17) is 9.47 Å². The molecule has 0 spiro atoms. The van der Waals surface area contributed by atoms with Crippen LogP contribution in [0.3, 0.4) is 0 Å². The van der Waals surface area contributed by atoms with Crippen LogP contribution in [0.5, 0.6) is 0 Å². The summed E-state index contributed by atoms with van der Waals surface area (Å²) < 4.78 is 11.2. The molecule has 11 nitrogen and oxygen atoms in total. The van der Waals surface area contributed by atoms with Gasteiger partial charge in [-0.05, 0) is 12.8 Å². The van der Waals surface area contributed by atoms with Gasteiger partial charge in [-0.1, -0.05) is 290 Å². The second-order valence-electron chi connectivity index (χ2n) is 21.8. The first-order chi connectivity index (χ1) is 34.2. The average molecular weight is 1000 g/mol. The number of amides is 1. The number of rotatable bonds is 53. The minimum atomic E-state index is -1.66. The number of ether oxygens (including phenoxy) is 2. The summed E-state index contributed by atoms with van der Waals surface area (Å²) in [5.74, 6) is -0.690. The van der Waals surface area contributed by atoms with E-state index in [1.54, 1.807) is 0 Å². The van der Waals surface area contributed by atoms with E-state index in [1.165, 1.54) is 225 Å². The summed E-state index contributed by atoms with van der Waals surface area (Å²) in [6.07, 6.45) is 44.5. The fourth-order valence-electron chi connectivity index (χ4n) is 10.2. The quantitative estimate of drug-likeness (QED) is 0.0272. The maximum Gasteiger partial charge on any atom is 0.249 e. The van der Waals surface area contributed by atoms with Gasteiger partial charge in [0, 0.05) is 0 Å². The summed E-state index contributed by atoms with van der Waals surface area (Å²) in [5, 5.41) is 76.2. The Morgan fingerprint density at radius 3 is 1.06 bits per heavy atom. The van der Waals surface area contributed by atoms with Gasteiger partial charge < -0.3 is 50.5 Å². The molecule has 0 aromatic heterocycles. The third-order valence-electron chi connectivity index (χ3n) is 15.2. The van der Waals surface area contributed by atoms with Gasteiger partial charge in [-0.15, -0.1) is 0 Å². The number of nitrogens with one attached hydrogen (secondary N) is 1. The Hall–Kier alpha value is -0.890. The van der Waals surface area contributed by atoms with E-state index in [2.05, 4.69) is 19.2 Å². The average Bonchev–Trinajstić information content (AvgIpc) is 3.36. The van der Waals surface area contributed by atoms with Gasteiger partial charge in [0.2, 0.25) is 5.91 Å². The van der Waals surface area contributed by atoms with Crippen LogP contribution < -0.4 is 5.32 Å². The van der Waals surface area contributed by atoms with Crippen LogP contribution in [-0.4, -0.2) is 110 Å². The molecule has 0 bridgehead atoms. The molecule has 418 valence electrons. The Kier molecular flexibility index (Phi) is 47.0. The molecule has 1 saturated heterocycles. The topological polar surface area (TPSA) is 189 Å². The van der Waals surface area contributed by atoms with Crippen molar-refractivity contribution in [3.8, 4) is 0 Å². The van der Waals surface area contributed by atoms with E-state index in [0.29, 0.717) is 19.3 Å². The molecular formula is C59H117NO10. The van der Waals surface area contributed by atoms with Gasteiger partial charge in [0.15, 0.2) is 6.29 Å². The monoisotopic (exact) mass is 1000 g/mol. The van der Waals surface area contributed by atoms with Crippen molar-refractivity contribution in [1.29, 1.82) is 0 Å². The van der Waals surface area contributed by atoms with Crippen LogP contribution in [0, 0.1) is 0 Å². The van der Waals surface area contributed by atoms with Gasteiger partial charge in [0.1, 0.15) is 36.6 Å². The summed E-state index contributed by atoms with van der Waals surface area (Å²) in [5.41, 5.74) is 0. The Balaban J connectivity index is 2.23. The van der Waals surface area contributed by atoms with Gasteiger partial charge in [-0.25, -0.2) is 0 Å². The number of carbonyl (C=O) groups excluding carboxylic acids is 1. The highest BCUT2D eigenvalue weighted by atomic mass is 16.7. The first-order valence-electron chi connectivity index (χ1n) is 30.4. The SMILES string of the molecule is CCCCCCCCCCCCCCCCCCCCCCCCCCCCCCC(O)C(O)C(COC1OC(CO)C(O)C(O)C1O)NC(=O)C(O)CCCCCCCCCCCCCCCCC. The second-order valence-corrected chi connectivity index (χ2v) is 21.8. The maximum atomic E-state index is 13.2. The van der Waals surface area contributed by atoms with Crippen molar-refractivity contribution in [2.75, 3.05) is 13.2 Å². The van der Waals surface area contributed by atoms with Gasteiger partial charge in [0.25, 0.3) is 0 Å². The normalized spacial score (nSPS) is 20.2. The number of hydrogen-bond acceptors (Lipinski definition) is 10. The van der Waals surface area contributed by atoms with Crippen molar-refractivity contribution >= 4 is 5.91 Å². The zero-order valence-electron chi connectivity index (χ0n) is 45.8. The van der Waals surface area contributed by atoms with Crippen LogP contribution in [0.15, 0.2) is 0 Å². The molecule has 70 heavy (non-hydrogen) atoms. The highest BCUT2D eigenvalue weighted by Gasteiger charge is 2.44. The predicted molar refractivity (Wildman–Crippen MR) is 289 cm³/mol. The molecule has 1 rings (SSSR count). The standard InChI is InChI=1S/C59H117NO10/c1-3-5-7-9-11-13-15-17-19-20-21-22-23-24-25-26-27-28-29-30-31-33-34-36-38-40-42-44-46-51(62)54(64)50(49-69-59-57(67)56(66)55(65)53(48-61)70-59)60-58(68)52(63)47-45-43-41-39-37-35-32-18-16-14-12-10-8-6-4-2/h50-57,59,61-67H,3-49H2,1-2H3,(H,60,68). The molecule has 1 amide bonds. The number of carbonyl (C=O) groups is 1. The van der Waals surface area contributed by atoms with Gasteiger partial charge >= 0.3 is 0 Å². The first kappa shape index (κ1) is 67.1. The van der Waals surface area contributed by atoms with Gasteiger partial charge in [-0.2, -0.15) is 0 Å². The molecule has 0 aromatic rings. The molecule has 0 saturated carbocycles. The Labute approximate surface area is 430 Å². The Morgan fingerprint density at radius 2 is 0.743 bits per heavy atom. The van der Waals surface area contributed by atoms with Crippen LogP contribution >= 0.6 is 0 Å². The Morgan fingerprint density at radius 1 is 0.443 bits per heavy atom. The fraction of sp³-hybridized carbons (Fsp3) is 0.983. The lowest BCUT2D eigenvalue weighted by atomic mass is 9.98. The van der Waals surface area contributed by atoms with Crippen LogP contribution in [0.1, 0.15) is 303 Å². The highest BCUT2D eigenvalue weighted by molar-refractivity contribution is 5.80. The van der Waals surface area contributed by atoms with E-state index in [1.807, 2.05) is 0 Å². The summed E-state index contributed by atoms with van der Waals surface area (Å²) in [7, 11) is 0. The third-order valence-corrected chi connectivity index (χ3v) is 15.2. The molecule has 9 unspecified atom stereocenters. The van der Waals surface area contributed by atoms with E-state index in [0.717, 1.165) is 38.5 Å². The summed E-state index contributed by atoms with van der Waals surface area (Å²) in [6.45, 7) is 3.50. The van der Waals surface area contributed by atoms with Crippen LogP contribution in [-0.2, 0) is 14.3 Å². The largest absolute Gasteiger partial charge is 0.394 e. The van der Waals surface area contributed by atoms with Crippen LogP contribution in [0.4, 0.5) is 0 Å². The maximum absolute atomic E-state index is 13.2. The van der Waals surface area contributed by atoms with Crippen molar-refractivity contribution in [1.82, 2.24) is 5.32 Å². The highest BCUT2D eigenvalue weighted by Crippen LogP contribution is 2.24. The first-order valence-corrected chi connectivity index (χ1v) is 30.4. The molecule has 0 radical (unpaired) electrons. The molecule has 1 aliphatic heterocycles. The van der Waals surface area contributed by atoms with Crippen molar-refractivity contribution in [2.24, 2.45) is 0 Å². The van der Waals surface area contributed by atoms with E-state index in [9.17, 15) is 40.5 Å². The van der Waals surface area contributed by atoms with Crippen molar-refractivity contribution in [3.05, 3.63) is 0 Å².